The summed E-state index contributed by atoms with van der Waals surface area (Å²) in [5.41, 5.74) is 1.80. The Morgan fingerprint density at radius 3 is 2.95 bits per heavy atom. The fourth-order valence-electron chi connectivity index (χ4n) is 2.77. The van der Waals surface area contributed by atoms with E-state index in [-0.39, 0.29) is 11.8 Å². The number of hydrogen-bond acceptors (Lipinski definition) is 4. The Morgan fingerprint density at radius 2 is 2.27 bits per heavy atom. The van der Waals surface area contributed by atoms with Gasteiger partial charge in [-0.25, -0.2) is 9.97 Å². The summed E-state index contributed by atoms with van der Waals surface area (Å²) >= 11 is 1.67. The molecule has 116 valence electrons. The maximum atomic E-state index is 12.6. The maximum Gasteiger partial charge on any atom is 0.254 e. The lowest BCUT2D eigenvalue weighted by Crippen LogP contribution is -2.28. The van der Waals surface area contributed by atoms with Crippen LogP contribution < -0.4 is 0 Å². The normalized spacial score (nSPS) is 18.2. The largest absolute Gasteiger partial charge is 0.338 e. The van der Waals surface area contributed by atoms with Crippen LogP contribution in [0.2, 0.25) is 0 Å². The zero-order valence-corrected chi connectivity index (χ0v) is 14.1. The van der Waals surface area contributed by atoms with Gasteiger partial charge in [-0.3, -0.25) is 4.79 Å². The average molecular weight is 315 g/mol. The summed E-state index contributed by atoms with van der Waals surface area (Å²) in [5.74, 6) is 1.73. The topological polar surface area (TPSA) is 46.1 Å². The Balaban J connectivity index is 1.70. The van der Waals surface area contributed by atoms with E-state index in [0.29, 0.717) is 5.92 Å². The minimum atomic E-state index is 0.137. The second-order valence-corrected chi connectivity index (χ2v) is 7.13. The van der Waals surface area contributed by atoms with Crippen LogP contribution in [0.25, 0.3) is 0 Å². The molecule has 0 N–H and O–H groups in total. The summed E-state index contributed by atoms with van der Waals surface area (Å²) in [7, 11) is 0. The van der Waals surface area contributed by atoms with Crippen LogP contribution in [0.5, 0.6) is 0 Å². The molecule has 0 bridgehead atoms. The Hall–Kier alpha value is -1.75. The molecule has 1 fully saturated rings. The fraction of sp³-hybridized carbons (Fsp3) is 0.471. The summed E-state index contributed by atoms with van der Waals surface area (Å²) in [6.07, 6.45) is 2.74. The quantitative estimate of drug-likeness (QED) is 0.869. The van der Waals surface area contributed by atoms with Crippen molar-refractivity contribution in [2.24, 2.45) is 0 Å². The van der Waals surface area contributed by atoms with E-state index in [1.807, 2.05) is 29.3 Å². The molecule has 0 aliphatic carbocycles. The average Bonchev–Trinajstić information content (AvgIpc) is 3.16. The number of carbonyl (C=O) groups excluding carboxylic acids is 1. The number of carbonyl (C=O) groups is 1. The highest BCUT2D eigenvalue weighted by Crippen LogP contribution is 2.28. The third-order valence-electron chi connectivity index (χ3n) is 4.09. The number of rotatable bonds is 3. The monoisotopic (exact) mass is 315 g/mol. The maximum absolute atomic E-state index is 12.6. The molecule has 22 heavy (non-hydrogen) atoms. The van der Waals surface area contributed by atoms with E-state index in [4.69, 9.17) is 0 Å². The lowest BCUT2D eigenvalue weighted by Gasteiger charge is -2.15. The lowest BCUT2D eigenvalue weighted by atomic mass is 10.1. The number of thiophene rings is 1. The highest BCUT2D eigenvalue weighted by Gasteiger charge is 2.30. The van der Waals surface area contributed by atoms with Crippen molar-refractivity contribution in [3.05, 3.63) is 45.7 Å². The minimum Gasteiger partial charge on any atom is -0.338 e. The minimum absolute atomic E-state index is 0.137. The van der Waals surface area contributed by atoms with E-state index >= 15 is 0 Å². The van der Waals surface area contributed by atoms with Crippen molar-refractivity contribution < 1.29 is 4.79 Å². The first-order valence-electron chi connectivity index (χ1n) is 7.72. The lowest BCUT2D eigenvalue weighted by molar-refractivity contribution is 0.0791. The molecule has 2 aromatic heterocycles. The van der Waals surface area contributed by atoms with Gasteiger partial charge in [0, 0.05) is 41.2 Å². The van der Waals surface area contributed by atoms with E-state index in [0.717, 1.165) is 36.6 Å². The zero-order chi connectivity index (χ0) is 15.7. The van der Waals surface area contributed by atoms with Crippen molar-refractivity contribution >= 4 is 17.2 Å². The van der Waals surface area contributed by atoms with Gasteiger partial charge in [0.2, 0.25) is 0 Å². The summed E-state index contributed by atoms with van der Waals surface area (Å²) in [5, 5.41) is 1.98. The Kier molecular flexibility index (Phi) is 4.25. The highest BCUT2D eigenvalue weighted by atomic mass is 32.1. The predicted octanol–water partition coefficient (Wildman–Crippen LogP) is 3.60. The van der Waals surface area contributed by atoms with Gasteiger partial charge in [-0.05, 0) is 31.4 Å². The number of nitrogens with zero attached hydrogens (tertiary/aromatic N) is 3. The van der Waals surface area contributed by atoms with Crippen molar-refractivity contribution in [1.82, 2.24) is 14.9 Å². The van der Waals surface area contributed by atoms with Crippen molar-refractivity contribution in [1.29, 1.82) is 0 Å². The number of aromatic nitrogens is 2. The molecule has 5 heteroatoms. The Labute approximate surface area is 135 Å². The van der Waals surface area contributed by atoms with Crippen LogP contribution in [-0.2, 0) is 0 Å². The van der Waals surface area contributed by atoms with Gasteiger partial charge in [0.25, 0.3) is 5.91 Å². The molecule has 3 rings (SSSR count). The number of hydrogen-bond donors (Lipinski definition) is 0. The van der Waals surface area contributed by atoms with Crippen LogP contribution in [-0.4, -0.2) is 33.9 Å². The number of amides is 1. The van der Waals surface area contributed by atoms with Crippen molar-refractivity contribution in [2.75, 3.05) is 13.1 Å². The molecule has 2 aromatic rings. The summed E-state index contributed by atoms with van der Waals surface area (Å²) in [6, 6.07) is 3.94. The van der Waals surface area contributed by atoms with Gasteiger partial charge in [-0.1, -0.05) is 13.8 Å². The Bertz CT molecular complexity index is 680. The second-order valence-electron chi connectivity index (χ2n) is 6.19. The Morgan fingerprint density at radius 1 is 1.45 bits per heavy atom. The van der Waals surface area contributed by atoms with Gasteiger partial charge in [0.15, 0.2) is 0 Å². The third-order valence-corrected chi connectivity index (χ3v) is 5.32. The molecule has 1 amide bonds. The van der Waals surface area contributed by atoms with Crippen molar-refractivity contribution in [3.63, 3.8) is 0 Å². The smallest absolute Gasteiger partial charge is 0.254 e. The first-order chi connectivity index (χ1) is 10.5. The van der Waals surface area contributed by atoms with Crippen LogP contribution in [0.3, 0.4) is 0 Å². The van der Waals surface area contributed by atoms with Gasteiger partial charge in [-0.15, -0.1) is 11.3 Å². The molecule has 0 saturated carbocycles. The van der Waals surface area contributed by atoms with Gasteiger partial charge < -0.3 is 4.90 Å². The van der Waals surface area contributed by atoms with E-state index in [2.05, 4.69) is 23.8 Å². The fourth-order valence-corrected chi connectivity index (χ4v) is 3.67. The third kappa shape index (κ3) is 3.04. The SMILES string of the molecule is Cc1ccnc([C@@H]2CCN(C(=O)c3csc(C(C)C)c3)C2)n1. The summed E-state index contributed by atoms with van der Waals surface area (Å²) in [4.78, 5) is 24.7. The van der Waals surface area contributed by atoms with E-state index in [1.165, 1.54) is 4.88 Å². The molecule has 1 saturated heterocycles. The molecule has 0 radical (unpaired) electrons. The standard InChI is InChI=1S/C17H21N3OS/c1-11(2)15-8-14(10-22-15)17(21)20-7-5-13(9-20)16-18-6-4-12(3)19-16/h4,6,8,10-11,13H,5,7,9H2,1-3H3/t13-/m1/s1. The molecule has 1 aliphatic heterocycles. The molecule has 0 unspecified atom stereocenters. The van der Waals surface area contributed by atoms with E-state index in [9.17, 15) is 4.79 Å². The molecule has 1 aliphatic rings. The van der Waals surface area contributed by atoms with E-state index < -0.39 is 0 Å². The molecule has 1 atom stereocenters. The molecule has 0 spiro atoms. The molecule has 3 heterocycles. The van der Waals surface area contributed by atoms with Gasteiger partial charge in [0.1, 0.15) is 5.82 Å². The highest BCUT2D eigenvalue weighted by molar-refractivity contribution is 7.10. The molecule has 0 aromatic carbocycles. The van der Waals surface area contributed by atoms with E-state index in [1.54, 1.807) is 17.5 Å². The first kappa shape index (κ1) is 15.2. The van der Waals surface area contributed by atoms with Crippen LogP contribution in [0.1, 0.15) is 58.9 Å². The molecular formula is C17H21N3OS. The van der Waals surface area contributed by atoms with Gasteiger partial charge in [-0.2, -0.15) is 0 Å². The predicted molar refractivity (Wildman–Crippen MR) is 88.4 cm³/mol. The van der Waals surface area contributed by atoms with Crippen LogP contribution >= 0.6 is 11.3 Å². The van der Waals surface area contributed by atoms with Crippen LogP contribution in [0, 0.1) is 6.92 Å². The molecule has 4 nitrogen and oxygen atoms in total. The van der Waals surface area contributed by atoms with Crippen LogP contribution in [0.15, 0.2) is 23.7 Å². The van der Waals surface area contributed by atoms with Gasteiger partial charge >= 0.3 is 0 Å². The van der Waals surface area contributed by atoms with Crippen molar-refractivity contribution in [2.45, 2.75) is 39.0 Å². The number of aryl methyl sites for hydroxylation is 1. The van der Waals surface area contributed by atoms with Gasteiger partial charge in [0.05, 0.1) is 5.56 Å². The van der Waals surface area contributed by atoms with Crippen molar-refractivity contribution in [3.8, 4) is 0 Å². The summed E-state index contributed by atoms with van der Waals surface area (Å²) in [6.45, 7) is 7.78. The van der Waals surface area contributed by atoms with Crippen LogP contribution in [0.4, 0.5) is 0 Å². The summed E-state index contributed by atoms with van der Waals surface area (Å²) < 4.78 is 0. The first-order valence-corrected chi connectivity index (χ1v) is 8.60. The zero-order valence-electron chi connectivity index (χ0n) is 13.2. The second kappa shape index (κ2) is 6.16. The molecular weight excluding hydrogens is 294 g/mol. The number of likely N-dealkylation sites (tertiary alicyclic amines) is 1.